The summed E-state index contributed by atoms with van der Waals surface area (Å²) in [5.41, 5.74) is 2.92. The number of piperazine rings is 1. The van der Waals surface area contributed by atoms with Gasteiger partial charge in [0.25, 0.3) is 0 Å². The Kier molecular flexibility index (Phi) is 8.56. The standard InChI is InChI=1S/C24H28F3N3O2S/c1-4-32-23(31)14-18-11-17(2)12-19(13-18)16-29-7-9-30(10-8-29)33-22-15-20(24(25,26)27)5-6-21(22)28-3/h5-6,11-13,15H,3-4,7-10,14,16H2,1-2H3. The van der Waals surface area contributed by atoms with Crippen molar-refractivity contribution in [3.63, 3.8) is 0 Å². The van der Waals surface area contributed by atoms with Crippen molar-refractivity contribution in [3.05, 3.63) is 58.7 Å². The average molecular weight is 480 g/mol. The van der Waals surface area contributed by atoms with E-state index in [2.05, 4.69) is 27.0 Å². The number of carbonyl (C=O) groups is 1. The number of hydrogen-bond donors (Lipinski definition) is 0. The first-order chi connectivity index (χ1) is 15.7. The minimum Gasteiger partial charge on any atom is -0.466 e. The maximum Gasteiger partial charge on any atom is 0.416 e. The Morgan fingerprint density at radius 3 is 2.45 bits per heavy atom. The number of esters is 1. The largest absolute Gasteiger partial charge is 0.466 e. The van der Waals surface area contributed by atoms with Gasteiger partial charge in [0.15, 0.2) is 0 Å². The Balaban J connectivity index is 1.59. The molecule has 0 atom stereocenters. The number of rotatable bonds is 8. The van der Waals surface area contributed by atoms with Crippen LogP contribution in [-0.2, 0) is 28.7 Å². The Labute approximate surface area is 196 Å². The third-order valence-corrected chi connectivity index (χ3v) is 6.42. The second-order valence-corrected chi connectivity index (χ2v) is 9.08. The molecule has 0 spiro atoms. The molecule has 3 rings (SSSR count). The summed E-state index contributed by atoms with van der Waals surface area (Å²) in [6.45, 7) is 11.4. The molecule has 1 fully saturated rings. The number of aryl methyl sites for hydroxylation is 1. The van der Waals surface area contributed by atoms with Crippen molar-refractivity contribution in [1.82, 2.24) is 9.21 Å². The lowest BCUT2D eigenvalue weighted by molar-refractivity contribution is -0.142. The summed E-state index contributed by atoms with van der Waals surface area (Å²) in [5, 5.41) is 0. The van der Waals surface area contributed by atoms with Gasteiger partial charge in [0.2, 0.25) is 0 Å². The number of alkyl halides is 3. The predicted octanol–water partition coefficient (Wildman–Crippen LogP) is 5.28. The summed E-state index contributed by atoms with van der Waals surface area (Å²) in [5.74, 6) is -0.234. The summed E-state index contributed by atoms with van der Waals surface area (Å²) < 4.78 is 46.4. The highest BCUT2D eigenvalue weighted by Crippen LogP contribution is 2.38. The molecule has 2 aromatic carbocycles. The van der Waals surface area contributed by atoms with Crippen molar-refractivity contribution in [1.29, 1.82) is 0 Å². The Morgan fingerprint density at radius 2 is 1.82 bits per heavy atom. The van der Waals surface area contributed by atoms with Crippen LogP contribution in [0, 0.1) is 6.92 Å². The minimum absolute atomic E-state index is 0.234. The zero-order chi connectivity index (χ0) is 24.0. The third-order valence-electron chi connectivity index (χ3n) is 5.27. The molecule has 0 amide bonds. The van der Waals surface area contributed by atoms with E-state index in [9.17, 15) is 18.0 Å². The van der Waals surface area contributed by atoms with Crippen molar-refractivity contribution >= 4 is 30.3 Å². The van der Waals surface area contributed by atoms with Crippen LogP contribution in [0.25, 0.3) is 0 Å². The molecule has 0 aliphatic carbocycles. The SMILES string of the molecule is C=Nc1ccc(C(F)(F)F)cc1SN1CCN(Cc2cc(C)cc(CC(=O)OCC)c2)CC1. The van der Waals surface area contributed by atoms with Gasteiger partial charge in [0.05, 0.1) is 24.3 Å². The quantitative estimate of drug-likeness (QED) is 0.293. The smallest absolute Gasteiger partial charge is 0.416 e. The molecule has 0 aromatic heterocycles. The molecule has 2 aromatic rings. The zero-order valence-corrected chi connectivity index (χ0v) is 19.6. The van der Waals surface area contributed by atoms with Gasteiger partial charge < -0.3 is 4.74 Å². The topological polar surface area (TPSA) is 45.1 Å². The van der Waals surface area contributed by atoms with E-state index in [1.165, 1.54) is 18.0 Å². The van der Waals surface area contributed by atoms with Crippen LogP contribution in [0.5, 0.6) is 0 Å². The zero-order valence-electron chi connectivity index (χ0n) is 18.8. The molecule has 1 aliphatic heterocycles. The molecule has 0 saturated carbocycles. The van der Waals surface area contributed by atoms with Crippen LogP contribution in [0.4, 0.5) is 18.9 Å². The number of benzene rings is 2. The van der Waals surface area contributed by atoms with E-state index in [1.807, 2.05) is 19.1 Å². The molecule has 1 saturated heterocycles. The summed E-state index contributed by atoms with van der Waals surface area (Å²) in [6.07, 6.45) is -4.14. The van der Waals surface area contributed by atoms with E-state index in [0.717, 1.165) is 48.5 Å². The maximum absolute atomic E-state index is 13.1. The highest BCUT2D eigenvalue weighted by atomic mass is 32.2. The normalized spacial score (nSPS) is 15.4. The van der Waals surface area contributed by atoms with Crippen LogP contribution in [-0.4, -0.2) is 54.7 Å². The molecule has 1 aliphatic rings. The second-order valence-electron chi connectivity index (χ2n) is 7.94. The number of halogens is 3. The lowest BCUT2D eigenvalue weighted by atomic mass is 10.0. The molecule has 0 unspecified atom stereocenters. The van der Waals surface area contributed by atoms with Gasteiger partial charge in [-0.15, -0.1) is 0 Å². The van der Waals surface area contributed by atoms with Crippen LogP contribution >= 0.6 is 11.9 Å². The summed E-state index contributed by atoms with van der Waals surface area (Å²) in [6, 6.07) is 9.68. The van der Waals surface area contributed by atoms with E-state index in [-0.39, 0.29) is 12.4 Å². The Bertz CT molecular complexity index is 989. The molecule has 33 heavy (non-hydrogen) atoms. The van der Waals surface area contributed by atoms with Crippen molar-refractivity contribution in [2.24, 2.45) is 4.99 Å². The molecule has 178 valence electrons. The van der Waals surface area contributed by atoms with Crippen molar-refractivity contribution in [2.75, 3.05) is 32.8 Å². The van der Waals surface area contributed by atoms with Crippen molar-refractivity contribution in [3.8, 4) is 0 Å². The summed E-state index contributed by atoms with van der Waals surface area (Å²) >= 11 is 1.29. The lowest BCUT2D eigenvalue weighted by Gasteiger charge is -2.34. The first-order valence-electron chi connectivity index (χ1n) is 10.8. The van der Waals surface area contributed by atoms with E-state index in [0.29, 0.717) is 30.3 Å². The van der Waals surface area contributed by atoms with Crippen LogP contribution < -0.4 is 0 Å². The molecule has 0 radical (unpaired) electrons. The van der Waals surface area contributed by atoms with Crippen LogP contribution in [0.3, 0.4) is 0 Å². The minimum atomic E-state index is -4.40. The van der Waals surface area contributed by atoms with Gasteiger partial charge in [-0.1, -0.05) is 23.8 Å². The molecule has 1 heterocycles. The first-order valence-corrected chi connectivity index (χ1v) is 11.5. The van der Waals surface area contributed by atoms with Gasteiger partial charge in [-0.3, -0.25) is 14.7 Å². The number of hydrogen-bond acceptors (Lipinski definition) is 6. The van der Waals surface area contributed by atoms with E-state index >= 15 is 0 Å². The third kappa shape index (κ3) is 7.31. The number of aliphatic imine (C=N–C) groups is 1. The maximum atomic E-state index is 13.1. The van der Waals surface area contributed by atoms with Gasteiger partial charge in [0, 0.05) is 37.6 Å². The molecule has 0 bridgehead atoms. The molecule has 0 N–H and O–H groups in total. The second kappa shape index (κ2) is 11.2. The Morgan fingerprint density at radius 1 is 1.12 bits per heavy atom. The molecule has 9 heteroatoms. The fourth-order valence-corrected chi connectivity index (χ4v) is 4.82. The van der Waals surface area contributed by atoms with Gasteiger partial charge in [-0.2, -0.15) is 13.2 Å². The lowest BCUT2D eigenvalue weighted by Crippen LogP contribution is -2.42. The molecular formula is C24H28F3N3O2S. The number of ether oxygens (including phenoxy) is 1. The van der Waals surface area contributed by atoms with Crippen molar-refractivity contribution < 1.29 is 22.7 Å². The summed E-state index contributed by atoms with van der Waals surface area (Å²) in [4.78, 5) is 18.4. The van der Waals surface area contributed by atoms with Gasteiger partial charge in [0.1, 0.15) is 0 Å². The molecular weight excluding hydrogens is 451 g/mol. The number of nitrogens with zero attached hydrogens (tertiary/aromatic N) is 3. The van der Waals surface area contributed by atoms with Crippen molar-refractivity contribution in [2.45, 2.75) is 37.9 Å². The predicted molar refractivity (Wildman–Crippen MR) is 125 cm³/mol. The van der Waals surface area contributed by atoms with E-state index in [4.69, 9.17) is 4.74 Å². The fraction of sp³-hybridized carbons (Fsp3) is 0.417. The van der Waals surface area contributed by atoms with Gasteiger partial charge in [-0.05, 0) is 61.8 Å². The van der Waals surface area contributed by atoms with Gasteiger partial charge >= 0.3 is 12.1 Å². The van der Waals surface area contributed by atoms with Crippen LogP contribution in [0.2, 0.25) is 0 Å². The van der Waals surface area contributed by atoms with E-state index in [1.54, 1.807) is 6.92 Å². The van der Waals surface area contributed by atoms with E-state index < -0.39 is 11.7 Å². The molecule has 5 nitrogen and oxygen atoms in total. The van der Waals surface area contributed by atoms with Gasteiger partial charge in [-0.25, -0.2) is 4.31 Å². The fourth-order valence-electron chi connectivity index (χ4n) is 3.79. The average Bonchev–Trinajstić information content (AvgIpc) is 2.74. The monoisotopic (exact) mass is 479 g/mol. The first kappa shape index (κ1) is 25.3. The number of carbonyl (C=O) groups excluding carboxylic acids is 1. The highest BCUT2D eigenvalue weighted by Gasteiger charge is 2.31. The highest BCUT2D eigenvalue weighted by molar-refractivity contribution is 7.97. The van der Waals surface area contributed by atoms with Crippen LogP contribution in [0.15, 0.2) is 46.3 Å². The Hall–Kier alpha value is -2.36. The summed E-state index contributed by atoms with van der Waals surface area (Å²) in [7, 11) is 0. The van der Waals surface area contributed by atoms with Crippen LogP contribution in [0.1, 0.15) is 29.2 Å².